The fourth-order valence-corrected chi connectivity index (χ4v) is 3.83. The lowest BCUT2D eigenvalue weighted by Crippen LogP contribution is -2.51. The number of carbonyl (C=O) groups is 2. The molecule has 0 atom stereocenters. The van der Waals surface area contributed by atoms with Gasteiger partial charge in [-0.2, -0.15) is 26.3 Å². The number of hydrogen-bond acceptors (Lipinski definition) is 3. The van der Waals surface area contributed by atoms with Crippen LogP contribution in [0, 0.1) is 0 Å². The maximum absolute atomic E-state index is 13.5. The number of imidazole rings is 1. The number of amides is 2. The first-order valence-corrected chi connectivity index (χ1v) is 10.2. The molecule has 1 aromatic heterocycles. The van der Waals surface area contributed by atoms with E-state index in [1.807, 2.05) is 0 Å². The zero-order valence-electron chi connectivity index (χ0n) is 17.5. The summed E-state index contributed by atoms with van der Waals surface area (Å²) in [7, 11) is 0. The van der Waals surface area contributed by atoms with Crippen LogP contribution in [0.4, 0.5) is 26.3 Å². The third kappa shape index (κ3) is 4.70. The Labute approximate surface area is 189 Å². The van der Waals surface area contributed by atoms with Crippen LogP contribution >= 0.6 is 0 Å². The molecule has 180 valence electrons. The minimum atomic E-state index is -4.74. The molecule has 12 heteroatoms. The van der Waals surface area contributed by atoms with Gasteiger partial charge in [0, 0.05) is 31.7 Å². The smallest absolute Gasteiger partial charge is 0.338 e. The molecule has 2 aromatic carbocycles. The molecule has 1 aliphatic rings. The predicted molar refractivity (Wildman–Crippen MR) is 109 cm³/mol. The van der Waals surface area contributed by atoms with Crippen LogP contribution in [0.25, 0.3) is 11.0 Å². The van der Waals surface area contributed by atoms with E-state index in [0.29, 0.717) is 0 Å². The van der Waals surface area contributed by atoms with Crippen molar-refractivity contribution in [2.24, 2.45) is 0 Å². The van der Waals surface area contributed by atoms with Gasteiger partial charge in [0.05, 0.1) is 16.6 Å². The molecule has 0 saturated carbocycles. The second kappa shape index (κ2) is 8.65. The Morgan fingerprint density at radius 3 is 1.97 bits per heavy atom. The van der Waals surface area contributed by atoms with Crippen LogP contribution in [0.1, 0.15) is 21.7 Å². The zero-order valence-corrected chi connectivity index (χ0v) is 17.5. The van der Waals surface area contributed by atoms with Crippen molar-refractivity contribution < 1.29 is 35.9 Å². The van der Waals surface area contributed by atoms with Gasteiger partial charge in [-0.1, -0.05) is 12.1 Å². The van der Waals surface area contributed by atoms with Gasteiger partial charge < -0.3 is 14.4 Å². The Balaban J connectivity index is 1.42. The number of carbonyl (C=O) groups excluding carboxylic acids is 2. The molecule has 4 rings (SSSR count). The molecular weight excluding hydrogens is 466 g/mol. The van der Waals surface area contributed by atoms with Crippen molar-refractivity contribution in [2.45, 2.75) is 18.9 Å². The molecule has 0 unspecified atom stereocenters. The highest BCUT2D eigenvalue weighted by molar-refractivity contribution is 5.94. The number of halogens is 6. The minimum Gasteiger partial charge on any atom is -0.338 e. The van der Waals surface area contributed by atoms with Gasteiger partial charge in [-0.15, -0.1) is 0 Å². The maximum Gasteiger partial charge on any atom is 0.449 e. The standard InChI is InChI=1S/C22H18F6N4O2/c23-21(24,25)15-7-5-14(6-8-15)19(34)31-11-9-30(10-12-31)18(33)13-32-17-4-2-1-3-16(17)29-20(32)22(26,27)28/h1-8H,9-13H2. The lowest BCUT2D eigenvalue weighted by atomic mass is 10.1. The summed E-state index contributed by atoms with van der Waals surface area (Å²) >= 11 is 0. The molecule has 0 radical (unpaired) electrons. The van der Waals surface area contributed by atoms with Crippen LogP contribution in [-0.4, -0.2) is 57.3 Å². The largest absolute Gasteiger partial charge is 0.449 e. The zero-order chi connectivity index (χ0) is 24.7. The Kier molecular flexibility index (Phi) is 6.00. The molecule has 1 fully saturated rings. The van der Waals surface area contributed by atoms with Gasteiger partial charge in [0.15, 0.2) is 0 Å². The fraction of sp³-hybridized carbons (Fsp3) is 0.318. The maximum atomic E-state index is 13.5. The Bertz CT molecular complexity index is 1210. The Morgan fingerprint density at radius 2 is 1.38 bits per heavy atom. The van der Waals surface area contributed by atoms with E-state index in [1.165, 1.54) is 21.9 Å². The van der Waals surface area contributed by atoms with E-state index in [0.717, 1.165) is 28.8 Å². The summed E-state index contributed by atoms with van der Waals surface area (Å²) in [6.07, 6.45) is -9.26. The second-order valence-corrected chi connectivity index (χ2v) is 7.76. The first-order valence-electron chi connectivity index (χ1n) is 10.2. The molecule has 0 N–H and O–H groups in total. The summed E-state index contributed by atoms with van der Waals surface area (Å²) in [6, 6.07) is 9.80. The highest BCUT2D eigenvalue weighted by atomic mass is 19.4. The summed E-state index contributed by atoms with van der Waals surface area (Å²) in [4.78, 5) is 31.7. The van der Waals surface area contributed by atoms with Crippen LogP contribution in [0.3, 0.4) is 0 Å². The van der Waals surface area contributed by atoms with Crippen LogP contribution in [-0.2, 0) is 23.7 Å². The molecular formula is C22H18F6N4O2. The number of hydrogen-bond donors (Lipinski definition) is 0. The average Bonchev–Trinajstić information content (AvgIpc) is 3.17. The predicted octanol–water partition coefficient (Wildman–Crippen LogP) is 4.06. The molecule has 6 nitrogen and oxygen atoms in total. The molecule has 0 spiro atoms. The van der Waals surface area contributed by atoms with Gasteiger partial charge in [0.1, 0.15) is 6.54 Å². The van der Waals surface area contributed by atoms with Gasteiger partial charge in [0.2, 0.25) is 11.7 Å². The van der Waals surface area contributed by atoms with Crippen molar-refractivity contribution in [3.63, 3.8) is 0 Å². The van der Waals surface area contributed by atoms with Crippen molar-refractivity contribution >= 4 is 22.8 Å². The highest BCUT2D eigenvalue weighted by Gasteiger charge is 2.38. The topological polar surface area (TPSA) is 58.4 Å². The van der Waals surface area contributed by atoms with Gasteiger partial charge in [0.25, 0.3) is 5.91 Å². The van der Waals surface area contributed by atoms with Crippen LogP contribution in [0.2, 0.25) is 0 Å². The van der Waals surface area contributed by atoms with E-state index in [9.17, 15) is 35.9 Å². The molecule has 3 aromatic rings. The quantitative estimate of drug-likeness (QED) is 0.527. The van der Waals surface area contributed by atoms with E-state index in [-0.39, 0.29) is 42.8 Å². The number of piperazine rings is 1. The first-order chi connectivity index (χ1) is 15.9. The van der Waals surface area contributed by atoms with Gasteiger partial charge >= 0.3 is 12.4 Å². The average molecular weight is 484 g/mol. The number of fused-ring (bicyclic) bond motifs is 1. The minimum absolute atomic E-state index is 0.0764. The summed E-state index contributed by atoms with van der Waals surface area (Å²) in [6.45, 7) is -0.203. The number of alkyl halides is 6. The molecule has 1 saturated heterocycles. The lowest BCUT2D eigenvalue weighted by molar-refractivity contribution is -0.148. The molecule has 0 bridgehead atoms. The van der Waals surface area contributed by atoms with E-state index in [2.05, 4.69) is 4.98 Å². The van der Waals surface area contributed by atoms with Gasteiger partial charge in [-0.3, -0.25) is 9.59 Å². The van der Waals surface area contributed by atoms with Crippen molar-refractivity contribution in [2.75, 3.05) is 26.2 Å². The van der Waals surface area contributed by atoms with Crippen molar-refractivity contribution in [3.05, 3.63) is 65.5 Å². The summed E-state index contributed by atoms with van der Waals surface area (Å²) in [5, 5.41) is 0. The van der Waals surface area contributed by atoms with Crippen molar-refractivity contribution in [1.82, 2.24) is 19.4 Å². The van der Waals surface area contributed by atoms with Crippen LogP contribution in [0.15, 0.2) is 48.5 Å². The first kappa shape index (κ1) is 23.6. The normalized spacial score (nSPS) is 15.1. The van der Waals surface area contributed by atoms with E-state index >= 15 is 0 Å². The van der Waals surface area contributed by atoms with Gasteiger partial charge in [-0.05, 0) is 36.4 Å². The van der Waals surface area contributed by atoms with Crippen LogP contribution in [0.5, 0.6) is 0 Å². The monoisotopic (exact) mass is 484 g/mol. The SMILES string of the molecule is O=C(Cn1c(C(F)(F)F)nc2ccccc21)N1CCN(C(=O)c2ccc(C(F)(F)F)cc2)CC1. The third-order valence-electron chi connectivity index (χ3n) is 5.58. The van der Waals surface area contributed by atoms with Crippen LogP contribution < -0.4 is 0 Å². The fourth-order valence-electron chi connectivity index (χ4n) is 3.83. The molecule has 0 aliphatic carbocycles. The number of para-hydroxylation sites is 2. The molecule has 34 heavy (non-hydrogen) atoms. The van der Waals surface area contributed by atoms with Gasteiger partial charge in [-0.25, -0.2) is 4.98 Å². The van der Waals surface area contributed by atoms with E-state index in [4.69, 9.17) is 0 Å². The van der Waals surface area contributed by atoms with Crippen molar-refractivity contribution in [3.8, 4) is 0 Å². The lowest BCUT2D eigenvalue weighted by Gasteiger charge is -2.35. The summed E-state index contributed by atoms with van der Waals surface area (Å²) in [5.74, 6) is -2.21. The van der Waals surface area contributed by atoms with E-state index in [1.54, 1.807) is 12.1 Å². The Morgan fingerprint density at radius 1 is 0.794 bits per heavy atom. The number of nitrogens with zero attached hydrogens (tertiary/aromatic N) is 4. The number of rotatable bonds is 3. The second-order valence-electron chi connectivity index (χ2n) is 7.76. The Hall–Kier alpha value is -3.57. The number of aromatic nitrogens is 2. The highest BCUT2D eigenvalue weighted by Crippen LogP contribution is 2.32. The summed E-state index contributed by atoms with van der Waals surface area (Å²) in [5.41, 5.74) is -0.494. The molecule has 2 heterocycles. The molecule has 2 amide bonds. The third-order valence-corrected chi connectivity index (χ3v) is 5.58. The number of benzene rings is 2. The molecule has 1 aliphatic heterocycles. The van der Waals surface area contributed by atoms with Crippen molar-refractivity contribution in [1.29, 1.82) is 0 Å². The van der Waals surface area contributed by atoms with E-state index < -0.39 is 42.1 Å². The summed E-state index contributed by atoms with van der Waals surface area (Å²) < 4.78 is 79.3.